The van der Waals surface area contributed by atoms with Crippen molar-refractivity contribution >= 4 is 11.8 Å². The maximum Gasteiger partial charge on any atom is 0.235 e. The third-order valence-electron chi connectivity index (χ3n) is 1.82. The largest absolute Gasteiger partial charge is 0.369 e. The summed E-state index contributed by atoms with van der Waals surface area (Å²) in [5, 5.41) is 0. The molecule has 2 amide bonds. The molecule has 1 unspecified atom stereocenters. The molecule has 6 N–H and O–H groups in total. The molecule has 0 bridgehead atoms. The van der Waals surface area contributed by atoms with Gasteiger partial charge < -0.3 is 17.2 Å². The van der Waals surface area contributed by atoms with Crippen LogP contribution in [0.5, 0.6) is 0 Å². The van der Waals surface area contributed by atoms with Crippen LogP contribution in [-0.4, -0.2) is 42.4 Å². The number of hydrogen-bond donors (Lipinski definition) is 3. The Bertz CT molecular complexity index is 230. The van der Waals surface area contributed by atoms with E-state index in [0.29, 0.717) is 12.5 Å². The number of nitrogens with two attached hydrogens (primary N) is 3. The fraction of sp³-hybridized carbons (Fsp3) is 0.778. The zero-order valence-corrected chi connectivity index (χ0v) is 9.27. The van der Waals surface area contributed by atoms with Gasteiger partial charge in [0.2, 0.25) is 11.8 Å². The number of carbonyl (C=O) groups excluding carboxylic acids is 2. The van der Waals surface area contributed by atoms with Gasteiger partial charge in [0.25, 0.3) is 0 Å². The number of rotatable bonds is 7. The summed E-state index contributed by atoms with van der Waals surface area (Å²) in [6.07, 6.45) is 0. The molecule has 0 fully saturated rings. The molecule has 0 aromatic heterocycles. The molecule has 0 aliphatic heterocycles. The summed E-state index contributed by atoms with van der Waals surface area (Å²) in [4.78, 5) is 23.3. The van der Waals surface area contributed by atoms with E-state index >= 15 is 0 Å². The Morgan fingerprint density at radius 3 is 2.07 bits per heavy atom. The van der Waals surface area contributed by atoms with E-state index in [9.17, 15) is 9.59 Å². The Morgan fingerprint density at radius 2 is 1.73 bits per heavy atom. The Labute approximate surface area is 89.8 Å². The predicted molar refractivity (Wildman–Crippen MR) is 57.6 cm³/mol. The second kappa shape index (κ2) is 6.36. The van der Waals surface area contributed by atoms with E-state index < -0.39 is 17.9 Å². The van der Waals surface area contributed by atoms with Crippen LogP contribution in [0.4, 0.5) is 0 Å². The van der Waals surface area contributed by atoms with Gasteiger partial charge in [-0.05, 0) is 5.92 Å². The monoisotopic (exact) mass is 216 g/mol. The van der Waals surface area contributed by atoms with Crippen molar-refractivity contribution in [2.24, 2.45) is 23.1 Å². The van der Waals surface area contributed by atoms with Gasteiger partial charge in [0.1, 0.15) is 0 Å². The number of primary amides is 2. The first kappa shape index (κ1) is 13.9. The van der Waals surface area contributed by atoms with Crippen LogP contribution >= 0.6 is 0 Å². The Hall–Kier alpha value is -1.14. The summed E-state index contributed by atoms with van der Waals surface area (Å²) in [6, 6.07) is -0.761. The molecule has 6 heteroatoms. The first-order valence-electron chi connectivity index (χ1n) is 4.88. The summed E-state index contributed by atoms with van der Waals surface area (Å²) in [6.45, 7) is 5.02. The smallest absolute Gasteiger partial charge is 0.235 e. The molecule has 0 heterocycles. The number of nitrogens with zero attached hydrogens (tertiary/aromatic N) is 1. The van der Waals surface area contributed by atoms with E-state index in [4.69, 9.17) is 17.2 Å². The van der Waals surface area contributed by atoms with Gasteiger partial charge >= 0.3 is 0 Å². The van der Waals surface area contributed by atoms with Crippen molar-refractivity contribution in [2.75, 3.05) is 19.6 Å². The lowest BCUT2D eigenvalue weighted by atomic mass is 10.2. The van der Waals surface area contributed by atoms with Gasteiger partial charge in [-0.2, -0.15) is 0 Å². The highest BCUT2D eigenvalue weighted by Gasteiger charge is 2.17. The standard InChI is InChI=1S/C9H20N4O2/c1-6(2)3-13(5-8(11)14)4-7(10)9(12)15/h6-7H,3-5,10H2,1-2H3,(H2,11,14)(H2,12,15). The number of carbonyl (C=O) groups is 2. The van der Waals surface area contributed by atoms with Gasteiger partial charge in [-0.25, -0.2) is 0 Å². The highest BCUT2D eigenvalue weighted by atomic mass is 16.1. The van der Waals surface area contributed by atoms with Crippen LogP contribution in [-0.2, 0) is 9.59 Å². The van der Waals surface area contributed by atoms with Crippen LogP contribution in [0.15, 0.2) is 0 Å². The lowest BCUT2D eigenvalue weighted by Crippen LogP contribution is -2.48. The van der Waals surface area contributed by atoms with Crippen molar-refractivity contribution in [1.29, 1.82) is 0 Å². The van der Waals surface area contributed by atoms with Crippen molar-refractivity contribution in [2.45, 2.75) is 19.9 Å². The first-order valence-corrected chi connectivity index (χ1v) is 4.88. The maximum atomic E-state index is 10.8. The summed E-state index contributed by atoms with van der Waals surface area (Å²) in [5.74, 6) is -0.648. The molecule has 0 aliphatic rings. The molecule has 0 saturated heterocycles. The van der Waals surface area contributed by atoms with Crippen molar-refractivity contribution in [1.82, 2.24) is 4.90 Å². The zero-order valence-electron chi connectivity index (χ0n) is 9.27. The summed E-state index contributed by atoms with van der Waals surface area (Å²) < 4.78 is 0. The van der Waals surface area contributed by atoms with Gasteiger partial charge in [0.05, 0.1) is 12.6 Å². The second-order valence-electron chi connectivity index (χ2n) is 4.06. The van der Waals surface area contributed by atoms with Crippen molar-refractivity contribution < 1.29 is 9.59 Å². The number of hydrogen-bond acceptors (Lipinski definition) is 4. The van der Waals surface area contributed by atoms with E-state index in [1.165, 1.54) is 0 Å². The lowest BCUT2D eigenvalue weighted by Gasteiger charge is -2.24. The maximum absolute atomic E-state index is 10.8. The molecule has 0 aromatic rings. The summed E-state index contributed by atoms with van der Waals surface area (Å²) in [7, 11) is 0. The van der Waals surface area contributed by atoms with Gasteiger partial charge in [-0.3, -0.25) is 14.5 Å². The van der Waals surface area contributed by atoms with Gasteiger partial charge in [0.15, 0.2) is 0 Å². The Morgan fingerprint density at radius 1 is 1.20 bits per heavy atom. The normalized spacial score (nSPS) is 13.1. The molecule has 6 nitrogen and oxygen atoms in total. The zero-order chi connectivity index (χ0) is 12.0. The van der Waals surface area contributed by atoms with Crippen molar-refractivity contribution in [3.63, 3.8) is 0 Å². The van der Waals surface area contributed by atoms with Crippen LogP contribution in [0.1, 0.15) is 13.8 Å². The molecule has 1 atom stereocenters. The molecule has 0 rings (SSSR count). The summed E-state index contributed by atoms with van der Waals surface area (Å²) >= 11 is 0. The quantitative estimate of drug-likeness (QED) is 0.467. The molecule has 0 aromatic carbocycles. The SMILES string of the molecule is CC(C)CN(CC(N)=O)CC(N)C(N)=O. The van der Waals surface area contributed by atoms with Gasteiger partial charge in [-0.1, -0.05) is 13.8 Å². The van der Waals surface area contributed by atoms with Crippen molar-refractivity contribution in [3.8, 4) is 0 Å². The molecular weight excluding hydrogens is 196 g/mol. The van der Waals surface area contributed by atoms with Crippen LogP contribution in [0.3, 0.4) is 0 Å². The van der Waals surface area contributed by atoms with E-state index in [1.54, 1.807) is 4.90 Å². The Balaban J connectivity index is 4.23. The summed E-state index contributed by atoms with van der Waals surface area (Å²) in [5.41, 5.74) is 15.6. The minimum absolute atomic E-state index is 0.0964. The highest BCUT2D eigenvalue weighted by Crippen LogP contribution is 1.99. The molecule has 15 heavy (non-hydrogen) atoms. The fourth-order valence-electron chi connectivity index (χ4n) is 1.31. The highest BCUT2D eigenvalue weighted by molar-refractivity contribution is 5.80. The van der Waals surface area contributed by atoms with Crippen LogP contribution in [0.2, 0.25) is 0 Å². The third-order valence-corrected chi connectivity index (χ3v) is 1.82. The molecule has 0 saturated carbocycles. The van der Waals surface area contributed by atoms with Crippen LogP contribution < -0.4 is 17.2 Å². The topological polar surface area (TPSA) is 115 Å². The van der Waals surface area contributed by atoms with Crippen molar-refractivity contribution in [3.05, 3.63) is 0 Å². The fourth-order valence-corrected chi connectivity index (χ4v) is 1.31. The minimum atomic E-state index is -0.761. The first-order chi connectivity index (χ1) is 6.82. The van der Waals surface area contributed by atoms with Crippen LogP contribution in [0.25, 0.3) is 0 Å². The number of amides is 2. The molecule has 0 radical (unpaired) electrons. The minimum Gasteiger partial charge on any atom is -0.369 e. The predicted octanol–water partition coefficient (Wildman–Crippen LogP) is -1.76. The average Bonchev–Trinajstić information content (AvgIpc) is 2.00. The molecule has 0 aliphatic carbocycles. The Kier molecular flexibility index (Phi) is 5.88. The third kappa shape index (κ3) is 6.87. The molecule has 0 spiro atoms. The molecule has 88 valence electrons. The van der Waals surface area contributed by atoms with Crippen LogP contribution in [0, 0.1) is 5.92 Å². The average molecular weight is 216 g/mol. The second-order valence-corrected chi connectivity index (χ2v) is 4.06. The van der Waals surface area contributed by atoms with E-state index in [0.717, 1.165) is 0 Å². The lowest BCUT2D eigenvalue weighted by molar-refractivity contribution is -0.122. The van der Waals surface area contributed by atoms with E-state index in [1.807, 2.05) is 13.8 Å². The molecular formula is C9H20N4O2. The van der Waals surface area contributed by atoms with Gasteiger partial charge in [0, 0.05) is 13.1 Å². The van der Waals surface area contributed by atoms with Gasteiger partial charge in [-0.15, -0.1) is 0 Å². The van der Waals surface area contributed by atoms with E-state index in [2.05, 4.69) is 0 Å². The van der Waals surface area contributed by atoms with E-state index in [-0.39, 0.29) is 13.1 Å².